The van der Waals surface area contributed by atoms with E-state index in [1.54, 1.807) is 36.4 Å². The summed E-state index contributed by atoms with van der Waals surface area (Å²) in [6.45, 7) is 0. The van der Waals surface area contributed by atoms with E-state index in [4.69, 9.17) is 20.3 Å². The zero-order chi connectivity index (χ0) is 17.0. The lowest BCUT2D eigenvalue weighted by Gasteiger charge is -2.09. The van der Waals surface area contributed by atoms with E-state index in [-0.39, 0.29) is 16.2 Å². The minimum Gasteiger partial charge on any atom is -0.345 e. The van der Waals surface area contributed by atoms with Crippen LogP contribution in [-0.2, 0) is 10.1 Å². The lowest BCUT2D eigenvalue weighted by atomic mass is 10.1. The molecule has 0 aliphatic rings. The minimum absolute atomic E-state index is 0.207. The molecule has 0 amide bonds. The molecule has 2 aromatic rings. The van der Waals surface area contributed by atoms with Crippen LogP contribution >= 0.6 is 0 Å². The van der Waals surface area contributed by atoms with E-state index < -0.39 is 10.1 Å². The van der Waals surface area contributed by atoms with Crippen molar-refractivity contribution in [2.24, 2.45) is 0 Å². The van der Waals surface area contributed by atoms with Crippen LogP contribution in [0.3, 0.4) is 0 Å². The molecule has 0 atom stereocenters. The molecular formula is C15H8N4O3S. The van der Waals surface area contributed by atoms with Crippen molar-refractivity contribution in [3.63, 3.8) is 0 Å². The summed E-state index contributed by atoms with van der Waals surface area (Å²) in [5.41, 5.74) is -0.149. The number of hydrogen-bond donors (Lipinski definition) is 2. The molecule has 2 N–H and O–H groups in total. The molecule has 0 fully saturated rings. The highest BCUT2D eigenvalue weighted by Gasteiger charge is 2.12. The summed E-state index contributed by atoms with van der Waals surface area (Å²) >= 11 is 0. The average molecular weight is 324 g/mol. The van der Waals surface area contributed by atoms with Crippen LogP contribution in [0.4, 0.5) is 5.69 Å². The molecule has 0 unspecified atom stereocenters. The first-order chi connectivity index (χ1) is 10.9. The number of allylic oxidation sites excluding steroid dienone is 2. The number of hydrogen-bond acceptors (Lipinski definition) is 6. The van der Waals surface area contributed by atoms with Crippen molar-refractivity contribution >= 4 is 26.6 Å². The molecule has 0 aromatic heterocycles. The van der Waals surface area contributed by atoms with Crippen LogP contribution in [-0.4, -0.2) is 13.0 Å². The van der Waals surface area contributed by atoms with Gasteiger partial charge in [-0.2, -0.15) is 24.2 Å². The Morgan fingerprint density at radius 3 is 2.30 bits per heavy atom. The largest absolute Gasteiger partial charge is 0.345 e. The number of fused-ring (bicyclic) bond motifs is 1. The molecule has 0 aliphatic heterocycles. The molecule has 0 heterocycles. The van der Waals surface area contributed by atoms with E-state index in [1.807, 2.05) is 0 Å². The van der Waals surface area contributed by atoms with Crippen molar-refractivity contribution in [1.82, 2.24) is 0 Å². The Bertz CT molecular complexity index is 1030. The average Bonchev–Trinajstić information content (AvgIpc) is 2.53. The maximum Gasteiger partial charge on any atom is 0.294 e. The fourth-order valence-corrected chi connectivity index (χ4v) is 2.46. The predicted molar refractivity (Wildman–Crippen MR) is 81.3 cm³/mol. The molecule has 7 nitrogen and oxygen atoms in total. The van der Waals surface area contributed by atoms with Crippen LogP contribution in [0.25, 0.3) is 10.8 Å². The van der Waals surface area contributed by atoms with E-state index in [9.17, 15) is 8.42 Å². The summed E-state index contributed by atoms with van der Waals surface area (Å²) in [5, 5.41) is 30.5. The summed E-state index contributed by atoms with van der Waals surface area (Å²) < 4.78 is 31.4. The van der Waals surface area contributed by atoms with Gasteiger partial charge in [0.05, 0.1) is 4.90 Å². The van der Waals surface area contributed by atoms with Crippen LogP contribution in [0.1, 0.15) is 0 Å². The topological polar surface area (TPSA) is 138 Å². The van der Waals surface area contributed by atoms with Gasteiger partial charge in [0.1, 0.15) is 23.9 Å². The Labute approximate surface area is 132 Å². The number of rotatable bonds is 3. The van der Waals surface area contributed by atoms with Crippen molar-refractivity contribution < 1.29 is 13.0 Å². The van der Waals surface area contributed by atoms with Crippen LogP contribution in [0, 0.1) is 34.0 Å². The van der Waals surface area contributed by atoms with Crippen molar-refractivity contribution in [2.75, 3.05) is 5.32 Å². The smallest absolute Gasteiger partial charge is 0.294 e. The van der Waals surface area contributed by atoms with Crippen LogP contribution < -0.4 is 5.32 Å². The number of nitrogens with zero attached hydrogens (tertiary/aromatic N) is 3. The predicted octanol–water partition coefficient (Wildman–Crippen LogP) is 2.32. The maximum atomic E-state index is 11.2. The van der Waals surface area contributed by atoms with Gasteiger partial charge < -0.3 is 5.32 Å². The van der Waals surface area contributed by atoms with Gasteiger partial charge in [-0.1, -0.05) is 18.2 Å². The molecule has 23 heavy (non-hydrogen) atoms. The van der Waals surface area contributed by atoms with Gasteiger partial charge in [-0.05, 0) is 23.6 Å². The van der Waals surface area contributed by atoms with E-state index in [0.29, 0.717) is 16.5 Å². The fourth-order valence-electron chi connectivity index (χ4n) is 1.95. The Balaban J connectivity index is 2.61. The molecule has 112 valence electrons. The van der Waals surface area contributed by atoms with Crippen LogP contribution in [0.5, 0.6) is 0 Å². The van der Waals surface area contributed by atoms with E-state index in [2.05, 4.69) is 5.32 Å². The second-order valence-corrected chi connectivity index (χ2v) is 5.80. The van der Waals surface area contributed by atoms with Gasteiger partial charge >= 0.3 is 0 Å². The lowest BCUT2D eigenvalue weighted by molar-refractivity contribution is 0.483. The molecule has 0 radical (unpaired) electrons. The van der Waals surface area contributed by atoms with Gasteiger partial charge in [0.2, 0.25) is 0 Å². The quantitative estimate of drug-likeness (QED) is 0.652. The van der Waals surface area contributed by atoms with Gasteiger partial charge in [0.15, 0.2) is 5.57 Å². The highest BCUT2D eigenvalue weighted by atomic mass is 32.2. The van der Waals surface area contributed by atoms with Crippen molar-refractivity contribution in [3.05, 3.63) is 47.7 Å². The van der Waals surface area contributed by atoms with Crippen molar-refractivity contribution in [1.29, 1.82) is 15.8 Å². The maximum absolute atomic E-state index is 11.2. The van der Waals surface area contributed by atoms with E-state index in [1.165, 1.54) is 18.2 Å². The van der Waals surface area contributed by atoms with Crippen LogP contribution in [0.15, 0.2) is 52.6 Å². The number of nitriles is 3. The zero-order valence-corrected chi connectivity index (χ0v) is 12.3. The second-order valence-electron chi connectivity index (χ2n) is 4.37. The molecular weight excluding hydrogens is 316 g/mol. The van der Waals surface area contributed by atoms with E-state index in [0.717, 1.165) is 0 Å². The third kappa shape index (κ3) is 3.28. The molecule has 0 bridgehead atoms. The Morgan fingerprint density at radius 2 is 1.74 bits per heavy atom. The normalized spacial score (nSPS) is 10.2. The summed E-state index contributed by atoms with van der Waals surface area (Å²) in [5.74, 6) is 0. The first kappa shape index (κ1) is 16.0. The standard InChI is InChI=1S/C15H8N4O3S/c16-7-11(8-17)15(9-18)19-14-3-1-2-10-6-12(23(20,21)22)4-5-13(10)14/h1-6,19H,(H,20,21,22). The molecule has 2 rings (SSSR count). The highest BCUT2D eigenvalue weighted by molar-refractivity contribution is 7.85. The van der Waals surface area contributed by atoms with Crippen molar-refractivity contribution in [3.8, 4) is 18.2 Å². The molecule has 0 saturated heterocycles. The Hall–Kier alpha value is -3.38. The third-order valence-corrected chi connectivity index (χ3v) is 3.84. The van der Waals surface area contributed by atoms with Gasteiger partial charge in [-0.15, -0.1) is 0 Å². The van der Waals surface area contributed by atoms with Crippen LogP contribution in [0.2, 0.25) is 0 Å². The fraction of sp³-hybridized carbons (Fsp3) is 0. The van der Waals surface area contributed by atoms with Gasteiger partial charge in [0.25, 0.3) is 10.1 Å². The van der Waals surface area contributed by atoms with Gasteiger partial charge in [0, 0.05) is 11.1 Å². The second kappa shape index (κ2) is 6.17. The minimum atomic E-state index is -4.32. The van der Waals surface area contributed by atoms with Crippen molar-refractivity contribution in [2.45, 2.75) is 4.90 Å². The monoisotopic (exact) mass is 324 g/mol. The first-order valence-electron chi connectivity index (χ1n) is 6.12. The SMILES string of the molecule is N#CC(C#N)=C(C#N)Nc1cccc2cc(S(=O)(=O)O)ccc12. The van der Waals surface area contributed by atoms with Gasteiger partial charge in [-0.25, -0.2) is 0 Å². The molecule has 8 heteroatoms. The summed E-state index contributed by atoms with van der Waals surface area (Å²) in [6.07, 6.45) is 0. The molecule has 2 aromatic carbocycles. The Kier molecular flexibility index (Phi) is 4.29. The summed E-state index contributed by atoms with van der Waals surface area (Å²) in [7, 11) is -4.32. The molecule has 0 saturated carbocycles. The molecule has 0 spiro atoms. The number of nitrogens with one attached hydrogen (secondary N) is 1. The highest BCUT2D eigenvalue weighted by Crippen LogP contribution is 2.27. The third-order valence-electron chi connectivity index (χ3n) is 2.99. The first-order valence-corrected chi connectivity index (χ1v) is 7.56. The van der Waals surface area contributed by atoms with Gasteiger partial charge in [-0.3, -0.25) is 4.55 Å². The van der Waals surface area contributed by atoms with E-state index >= 15 is 0 Å². The number of benzene rings is 2. The zero-order valence-electron chi connectivity index (χ0n) is 11.5. The lowest BCUT2D eigenvalue weighted by Crippen LogP contribution is -2.02. The molecule has 0 aliphatic carbocycles. The summed E-state index contributed by atoms with van der Waals surface area (Å²) in [4.78, 5) is -0.257. The Morgan fingerprint density at radius 1 is 1.04 bits per heavy atom. The number of anilines is 1. The summed E-state index contributed by atoms with van der Waals surface area (Å²) in [6, 6.07) is 13.8.